The molecule has 3 N–H and O–H groups in total. The maximum Gasteiger partial charge on any atom is 0.305 e. The number of esters is 1. The zero-order chi connectivity index (χ0) is 57.1. The van der Waals surface area contributed by atoms with Crippen LogP contribution in [0.25, 0.3) is 0 Å². The third kappa shape index (κ3) is 65.6. The Morgan fingerprint density at radius 2 is 0.595 bits per heavy atom. The number of rotatable bonds is 69. The van der Waals surface area contributed by atoms with Gasteiger partial charge < -0.3 is 20.3 Å². The quantitative estimate of drug-likeness (QED) is 0.0320. The Kier molecular flexibility index (Phi) is 67.9. The van der Waals surface area contributed by atoms with Crippen molar-refractivity contribution in [2.24, 2.45) is 0 Å². The normalized spacial score (nSPS) is 12.5. The summed E-state index contributed by atoms with van der Waals surface area (Å²) in [6, 6.07) is -0.539. The predicted octanol–water partition coefficient (Wildman–Crippen LogP) is 23.5. The summed E-state index contributed by atoms with van der Waals surface area (Å²) in [5.41, 5.74) is 0. The minimum atomic E-state index is -0.663. The molecule has 0 spiro atoms. The predicted molar refractivity (Wildman–Crippen MR) is 347 cm³/mol. The van der Waals surface area contributed by atoms with Gasteiger partial charge in [-0.25, -0.2) is 0 Å². The van der Waals surface area contributed by atoms with Crippen molar-refractivity contribution >= 4 is 11.9 Å². The van der Waals surface area contributed by atoms with Crippen LogP contribution in [0.2, 0.25) is 0 Å². The smallest absolute Gasteiger partial charge is 0.305 e. The van der Waals surface area contributed by atoms with Gasteiger partial charge in [0, 0.05) is 12.8 Å². The van der Waals surface area contributed by atoms with E-state index in [2.05, 4.69) is 31.3 Å². The van der Waals surface area contributed by atoms with Crippen molar-refractivity contribution in [3.63, 3.8) is 0 Å². The summed E-state index contributed by atoms with van der Waals surface area (Å²) in [7, 11) is 0. The van der Waals surface area contributed by atoms with Gasteiger partial charge in [-0.05, 0) is 51.4 Å². The minimum Gasteiger partial charge on any atom is -0.466 e. The van der Waals surface area contributed by atoms with Crippen molar-refractivity contribution in [1.82, 2.24) is 5.32 Å². The number of carbonyl (C=O) groups excluding carboxylic acids is 2. The Hall–Kier alpha value is -1.40. The number of aliphatic hydroxyl groups is 2. The van der Waals surface area contributed by atoms with Crippen LogP contribution in [-0.4, -0.2) is 47.4 Å². The molecule has 0 aromatic carbocycles. The molecular formula is C73H143NO5. The van der Waals surface area contributed by atoms with Crippen molar-refractivity contribution in [2.45, 2.75) is 431 Å². The number of amides is 1. The second-order valence-electron chi connectivity index (χ2n) is 25.3. The number of ether oxygens (including phenoxy) is 1. The molecule has 0 aromatic heterocycles. The van der Waals surface area contributed by atoms with Crippen molar-refractivity contribution in [3.05, 3.63) is 12.2 Å². The van der Waals surface area contributed by atoms with Gasteiger partial charge in [-0.3, -0.25) is 9.59 Å². The molecule has 0 heterocycles. The number of unbranched alkanes of at least 4 members (excludes halogenated alkanes) is 56. The lowest BCUT2D eigenvalue weighted by molar-refractivity contribution is -0.143. The molecule has 6 nitrogen and oxygen atoms in total. The van der Waals surface area contributed by atoms with Gasteiger partial charge in [0.05, 0.1) is 25.4 Å². The molecular weight excluding hydrogens is 971 g/mol. The lowest BCUT2D eigenvalue weighted by Crippen LogP contribution is -2.45. The molecule has 0 aliphatic heterocycles. The number of aliphatic hydroxyl groups excluding tert-OH is 2. The third-order valence-electron chi connectivity index (χ3n) is 17.3. The molecule has 2 atom stereocenters. The Labute approximate surface area is 495 Å². The van der Waals surface area contributed by atoms with Crippen molar-refractivity contribution in [3.8, 4) is 0 Å². The van der Waals surface area contributed by atoms with E-state index < -0.39 is 12.1 Å². The number of hydrogen-bond acceptors (Lipinski definition) is 5. The standard InChI is InChI=1S/C73H143NO5/c1-3-5-7-9-11-13-15-17-18-19-20-21-30-33-36-39-42-45-49-53-57-61-65-71(76)70(69-75)74-72(77)66-62-58-54-50-46-43-40-37-34-31-28-26-24-22-23-25-27-29-32-35-38-41-44-48-52-56-60-64-68-79-73(78)67-63-59-55-51-47-16-14-12-10-8-6-4-2/h12,14,70-71,75-76H,3-11,13,15-69H2,1-2H3,(H,74,77)/b14-12-. The highest BCUT2D eigenvalue weighted by atomic mass is 16.5. The molecule has 1 amide bonds. The molecule has 0 aliphatic carbocycles. The van der Waals surface area contributed by atoms with Gasteiger partial charge in [0.1, 0.15) is 0 Å². The van der Waals surface area contributed by atoms with Gasteiger partial charge in [0.25, 0.3) is 0 Å². The monoisotopic (exact) mass is 1110 g/mol. The first-order valence-corrected chi connectivity index (χ1v) is 36.4. The first-order chi connectivity index (χ1) is 39.0. The van der Waals surface area contributed by atoms with E-state index in [0.29, 0.717) is 25.9 Å². The zero-order valence-electron chi connectivity index (χ0n) is 53.9. The summed E-state index contributed by atoms with van der Waals surface area (Å²) in [5.74, 6) is -0.0168. The van der Waals surface area contributed by atoms with Crippen LogP contribution in [0, 0.1) is 0 Å². The van der Waals surface area contributed by atoms with Crippen molar-refractivity contribution < 1.29 is 24.5 Å². The third-order valence-corrected chi connectivity index (χ3v) is 17.3. The second-order valence-corrected chi connectivity index (χ2v) is 25.3. The number of hydrogen-bond donors (Lipinski definition) is 3. The molecule has 0 aliphatic rings. The van der Waals surface area contributed by atoms with Crippen LogP contribution in [-0.2, 0) is 14.3 Å². The fourth-order valence-electron chi connectivity index (χ4n) is 11.8. The average molecular weight is 1110 g/mol. The molecule has 0 bridgehead atoms. The fraction of sp³-hybridized carbons (Fsp3) is 0.945. The second kappa shape index (κ2) is 69.1. The topological polar surface area (TPSA) is 95.9 Å². The van der Waals surface area contributed by atoms with E-state index in [1.165, 1.54) is 340 Å². The van der Waals surface area contributed by atoms with Crippen molar-refractivity contribution in [2.75, 3.05) is 13.2 Å². The van der Waals surface area contributed by atoms with Gasteiger partial charge in [-0.15, -0.1) is 0 Å². The summed E-state index contributed by atoms with van der Waals surface area (Å²) >= 11 is 0. The number of carbonyl (C=O) groups is 2. The molecule has 470 valence electrons. The van der Waals surface area contributed by atoms with E-state index in [0.717, 1.165) is 44.9 Å². The molecule has 2 unspecified atom stereocenters. The largest absolute Gasteiger partial charge is 0.466 e. The molecule has 0 aromatic rings. The Balaban J connectivity index is 3.35. The lowest BCUT2D eigenvalue weighted by Gasteiger charge is -2.22. The van der Waals surface area contributed by atoms with Gasteiger partial charge >= 0.3 is 5.97 Å². The molecule has 79 heavy (non-hydrogen) atoms. The summed E-state index contributed by atoms with van der Waals surface area (Å²) in [6.45, 7) is 4.97. The molecule has 6 heteroatoms. The minimum absolute atomic E-state index is 0.00970. The summed E-state index contributed by atoms with van der Waals surface area (Å²) in [5, 5.41) is 23.4. The fourth-order valence-corrected chi connectivity index (χ4v) is 11.8. The molecule has 0 rings (SSSR count). The van der Waals surface area contributed by atoms with Crippen LogP contribution in [0.3, 0.4) is 0 Å². The van der Waals surface area contributed by atoms with Crippen LogP contribution in [0.4, 0.5) is 0 Å². The highest BCUT2D eigenvalue weighted by Crippen LogP contribution is 2.20. The number of nitrogens with one attached hydrogen (secondary N) is 1. The van der Waals surface area contributed by atoms with E-state index in [4.69, 9.17) is 4.74 Å². The van der Waals surface area contributed by atoms with E-state index >= 15 is 0 Å². The highest BCUT2D eigenvalue weighted by Gasteiger charge is 2.20. The Morgan fingerprint density at radius 3 is 0.924 bits per heavy atom. The van der Waals surface area contributed by atoms with E-state index in [1.54, 1.807) is 0 Å². The molecule has 0 radical (unpaired) electrons. The Bertz CT molecular complexity index is 1190. The Morgan fingerprint density at radius 1 is 0.342 bits per heavy atom. The summed E-state index contributed by atoms with van der Waals surface area (Å²) in [4.78, 5) is 24.6. The number of allylic oxidation sites excluding steroid dienone is 2. The molecule has 0 fully saturated rings. The molecule has 0 saturated carbocycles. The van der Waals surface area contributed by atoms with Crippen LogP contribution in [0.5, 0.6) is 0 Å². The first kappa shape index (κ1) is 77.6. The van der Waals surface area contributed by atoms with E-state index in [1.807, 2.05) is 0 Å². The van der Waals surface area contributed by atoms with Gasteiger partial charge in [-0.2, -0.15) is 0 Å². The lowest BCUT2D eigenvalue weighted by atomic mass is 10.0. The van der Waals surface area contributed by atoms with Crippen molar-refractivity contribution in [1.29, 1.82) is 0 Å². The molecule has 0 saturated heterocycles. The average Bonchev–Trinajstić information content (AvgIpc) is 3.45. The van der Waals surface area contributed by atoms with Crippen LogP contribution >= 0.6 is 0 Å². The van der Waals surface area contributed by atoms with Crippen LogP contribution in [0.1, 0.15) is 418 Å². The van der Waals surface area contributed by atoms with Crippen LogP contribution in [0.15, 0.2) is 12.2 Å². The highest BCUT2D eigenvalue weighted by molar-refractivity contribution is 5.76. The van der Waals surface area contributed by atoms with E-state index in [9.17, 15) is 19.8 Å². The first-order valence-electron chi connectivity index (χ1n) is 36.4. The maximum atomic E-state index is 12.6. The van der Waals surface area contributed by atoms with Gasteiger partial charge in [-0.1, -0.05) is 366 Å². The van der Waals surface area contributed by atoms with Gasteiger partial charge in [0.15, 0.2) is 0 Å². The zero-order valence-corrected chi connectivity index (χ0v) is 53.9. The van der Waals surface area contributed by atoms with Gasteiger partial charge in [0.2, 0.25) is 5.91 Å². The van der Waals surface area contributed by atoms with E-state index in [-0.39, 0.29) is 18.5 Å². The van der Waals surface area contributed by atoms with Crippen LogP contribution < -0.4 is 5.32 Å². The summed E-state index contributed by atoms with van der Waals surface area (Å²) in [6.07, 6.45) is 85.6. The summed E-state index contributed by atoms with van der Waals surface area (Å²) < 4.78 is 5.48. The SMILES string of the molecule is CCCCC/C=C\CCCCCCCC(=O)OCCCCCCCCCCCCCCCCCCCCCCCCCCCCCCC(=O)NC(CO)C(O)CCCCCCCCCCCCCCCCCCCCCCCC. The maximum absolute atomic E-state index is 12.6.